The molecule has 3 aromatic rings. The lowest BCUT2D eigenvalue weighted by Gasteiger charge is -2.17. The molecule has 4 rings (SSSR count). The molecule has 3 nitrogen and oxygen atoms in total. The van der Waals surface area contributed by atoms with Crippen LogP contribution in [0.5, 0.6) is 5.75 Å². The van der Waals surface area contributed by atoms with Gasteiger partial charge in [-0.05, 0) is 30.2 Å². The van der Waals surface area contributed by atoms with E-state index in [0.717, 1.165) is 30.0 Å². The van der Waals surface area contributed by atoms with Crippen molar-refractivity contribution >= 4 is 0 Å². The van der Waals surface area contributed by atoms with Crippen LogP contribution in [0.25, 0.3) is 22.5 Å². The molecule has 2 heterocycles. The molecule has 0 amide bonds. The monoisotopic (exact) mass is 276 g/mol. The minimum atomic E-state index is 0.860. The lowest BCUT2D eigenvalue weighted by Crippen LogP contribution is -2.11. The summed E-state index contributed by atoms with van der Waals surface area (Å²) in [5.41, 5.74) is 6.00. The van der Waals surface area contributed by atoms with E-state index in [0.29, 0.717) is 0 Å². The number of methoxy groups -OCH3 is 1. The van der Waals surface area contributed by atoms with Crippen molar-refractivity contribution < 1.29 is 4.74 Å². The standard InChI is InChI=1S/C18H16N2O/c1-21-15-7-4-6-14(11-15)17-12-18-16-8-3-2-5-13(16)9-10-20(18)19-17/h2-8,11-12H,9-10H2,1H3. The van der Waals surface area contributed by atoms with Crippen molar-refractivity contribution in [3.63, 3.8) is 0 Å². The average molecular weight is 276 g/mol. The third-order valence-electron chi connectivity index (χ3n) is 4.03. The van der Waals surface area contributed by atoms with Gasteiger partial charge in [-0.2, -0.15) is 5.10 Å². The van der Waals surface area contributed by atoms with Crippen LogP contribution in [0.2, 0.25) is 0 Å². The first-order chi connectivity index (χ1) is 10.3. The van der Waals surface area contributed by atoms with Crippen LogP contribution in [0.15, 0.2) is 54.6 Å². The van der Waals surface area contributed by atoms with E-state index < -0.39 is 0 Å². The van der Waals surface area contributed by atoms with E-state index in [2.05, 4.69) is 41.1 Å². The lowest BCUT2D eigenvalue weighted by molar-refractivity contribution is 0.415. The summed E-state index contributed by atoms with van der Waals surface area (Å²) in [6.07, 6.45) is 1.04. The molecular weight excluding hydrogens is 260 g/mol. The molecule has 1 aliphatic rings. The molecule has 0 fully saturated rings. The molecule has 0 unspecified atom stereocenters. The molecule has 0 saturated heterocycles. The summed E-state index contributed by atoms with van der Waals surface area (Å²) < 4.78 is 7.41. The Labute approximate surface area is 123 Å². The molecule has 104 valence electrons. The first-order valence-corrected chi connectivity index (χ1v) is 7.16. The highest BCUT2D eigenvalue weighted by atomic mass is 16.5. The van der Waals surface area contributed by atoms with E-state index in [9.17, 15) is 0 Å². The van der Waals surface area contributed by atoms with E-state index in [-0.39, 0.29) is 0 Å². The third kappa shape index (κ3) is 2.02. The Morgan fingerprint density at radius 3 is 2.86 bits per heavy atom. The maximum atomic E-state index is 5.30. The average Bonchev–Trinajstić information content (AvgIpc) is 2.99. The quantitative estimate of drug-likeness (QED) is 0.712. The van der Waals surface area contributed by atoms with Crippen LogP contribution in [0.1, 0.15) is 5.56 Å². The Bertz CT molecular complexity index is 804. The van der Waals surface area contributed by atoms with Crippen molar-refractivity contribution in [3.05, 3.63) is 60.2 Å². The van der Waals surface area contributed by atoms with Crippen molar-refractivity contribution in [1.82, 2.24) is 9.78 Å². The lowest BCUT2D eigenvalue weighted by atomic mass is 9.98. The molecule has 0 saturated carbocycles. The van der Waals surface area contributed by atoms with E-state index in [1.165, 1.54) is 16.8 Å². The zero-order valence-electron chi connectivity index (χ0n) is 11.9. The Kier molecular flexibility index (Phi) is 2.78. The second-order valence-electron chi connectivity index (χ2n) is 5.28. The van der Waals surface area contributed by atoms with Crippen LogP contribution in [-0.2, 0) is 13.0 Å². The topological polar surface area (TPSA) is 27.1 Å². The molecule has 0 atom stereocenters. The van der Waals surface area contributed by atoms with E-state index in [4.69, 9.17) is 9.84 Å². The molecule has 1 aliphatic heterocycles. The van der Waals surface area contributed by atoms with Crippen molar-refractivity contribution in [3.8, 4) is 28.3 Å². The summed E-state index contributed by atoms with van der Waals surface area (Å²) >= 11 is 0. The van der Waals surface area contributed by atoms with Crippen molar-refractivity contribution in [1.29, 1.82) is 0 Å². The fourth-order valence-corrected chi connectivity index (χ4v) is 2.94. The molecule has 21 heavy (non-hydrogen) atoms. The van der Waals surface area contributed by atoms with Gasteiger partial charge in [-0.3, -0.25) is 4.68 Å². The van der Waals surface area contributed by atoms with Gasteiger partial charge < -0.3 is 4.74 Å². The highest BCUT2D eigenvalue weighted by molar-refractivity contribution is 5.72. The van der Waals surface area contributed by atoms with E-state index in [1.54, 1.807) is 7.11 Å². The highest BCUT2D eigenvalue weighted by Crippen LogP contribution is 2.33. The maximum Gasteiger partial charge on any atom is 0.119 e. The molecule has 1 aromatic heterocycles. The summed E-state index contributed by atoms with van der Waals surface area (Å²) in [6, 6.07) is 18.8. The molecule has 0 N–H and O–H groups in total. The Hall–Kier alpha value is -2.55. The van der Waals surface area contributed by atoms with Crippen molar-refractivity contribution in [2.45, 2.75) is 13.0 Å². The van der Waals surface area contributed by atoms with Gasteiger partial charge in [0.15, 0.2) is 0 Å². The van der Waals surface area contributed by atoms with Gasteiger partial charge in [0.1, 0.15) is 5.75 Å². The number of ether oxygens (including phenoxy) is 1. The minimum Gasteiger partial charge on any atom is -0.497 e. The number of hydrogen-bond acceptors (Lipinski definition) is 2. The number of aromatic nitrogens is 2. The predicted octanol–water partition coefficient (Wildman–Crippen LogP) is 3.78. The molecule has 0 spiro atoms. The minimum absolute atomic E-state index is 0.860. The zero-order valence-corrected chi connectivity index (χ0v) is 11.9. The maximum absolute atomic E-state index is 5.30. The van der Waals surface area contributed by atoms with Crippen LogP contribution >= 0.6 is 0 Å². The molecule has 0 radical (unpaired) electrons. The second-order valence-corrected chi connectivity index (χ2v) is 5.28. The largest absolute Gasteiger partial charge is 0.497 e. The smallest absolute Gasteiger partial charge is 0.119 e. The molecule has 0 bridgehead atoms. The van der Waals surface area contributed by atoms with E-state index >= 15 is 0 Å². The van der Waals surface area contributed by atoms with Crippen LogP contribution in [-0.4, -0.2) is 16.9 Å². The van der Waals surface area contributed by atoms with Crippen LogP contribution in [0.4, 0.5) is 0 Å². The Morgan fingerprint density at radius 2 is 1.95 bits per heavy atom. The molecular formula is C18H16N2O. The predicted molar refractivity (Wildman–Crippen MR) is 83.4 cm³/mol. The first kappa shape index (κ1) is 12.2. The number of hydrogen-bond donors (Lipinski definition) is 0. The third-order valence-corrected chi connectivity index (χ3v) is 4.03. The van der Waals surface area contributed by atoms with Gasteiger partial charge >= 0.3 is 0 Å². The normalized spacial score (nSPS) is 12.6. The molecule has 3 heteroatoms. The second kappa shape index (κ2) is 4.77. The van der Waals surface area contributed by atoms with Gasteiger partial charge in [0, 0.05) is 17.7 Å². The summed E-state index contributed by atoms with van der Waals surface area (Å²) in [5, 5.41) is 4.76. The number of benzene rings is 2. The Morgan fingerprint density at radius 1 is 1.05 bits per heavy atom. The van der Waals surface area contributed by atoms with Crippen LogP contribution < -0.4 is 4.74 Å². The first-order valence-electron chi connectivity index (χ1n) is 7.16. The summed E-state index contributed by atoms with van der Waals surface area (Å²) in [5.74, 6) is 0.860. The van der Waals surface area contributed by atoms with E-state index in [1.807, 2.05) is 18.2 Å². The Balaban J connectivity index is 1.83. The van der Waals surface area contributed by atoms with Gasteiger partial charge in [0.05, 0.1) is 18.5 Å². The van der Waals surface area contributed by atoms with Crippen molar-refractivity contribution in [2.75, 3.05) is 7.11 Å². The van der Waals surface area contributed by atoms with Gasteiger partial charge in [-0.15, -0.1) is 0 Å². The molecule has 0 aliphatic carbocycles. The number of rotatable bonds is 2. The summed E-state index contributed by atoms with van der Waals surface area (Å²) in [7, 11) is 1.69. The van der Waals surface area contributed by atoms with Gasteiger partial charge in [0.25, 0.3) is 0 Å². The molecule has 2 aromatic carbocycles. The number of aryl methyl sites for hydroxylation is 2. The SMILES string of the molecule is COc1cccc(-c2cc3n(n2)CCc2ccccc2-3)c1. The fourth-order valence-electron chi connectivity index (χ4n) is 2.94. The highest BCUT2D eigenvalue weighted by Gasteiger charge is 2.18. The van der Waals surface area contributed by atoms with Gasteiger partial charge in [-0.25, -0.2) is 0 Å². The van der Waals surface area contributed by atoms with Crippen LogP contribution in [0.3, 0.4) is 0 Å². The van der Waals surface area contributed by atoms with Crippen molar-refractivity contribution in [2.24, 2.45) is 0 Å². The summed E-state index contributed by atoms with van der Waals surface area (Å²) in [6.45, 7) is 0.941. The van der Waals surface area contributed by atoms with Gasteiger partial charge in [-0.1, -0.05) is 36.4 Å². The fraction of sp³-hybridized carbons (Fsp3) is 0.167. The summed E-state index contributed by atoms with van der Waals surface area (Å²) in [4.78, 5) is 0. The zero-order chi connectivity index (χ0) is 14.2. The van der Waals surface area contributed by atoms with Crippen LogP contribution in [0, 0.1) is 0 Å². The van der Waals surface area contributed by atoms with Gasteiger partial charge in [0.2, 0.25) is 0 Å². The number of fused-ring (bicyclic) bond motifs is 3. The number of nitrogens with zero attached hydrogens (tertiary/aromatic N) is 2.